The monoisotopic (exact) mass is 342 g/mol. The molecular weight excluding hydrogens is 330 g/mol. The molecule has 0 atom stereocenters. The van der Waals surface area contributed by atoms with E-state index < -0.39 is 0 Å². The van der Waals surface area contributed by atoms with E-state index in [-0.39, 0.29) is 43.6 Å². The molecule has 0 fully saturated rings. The molecule has 0 spiro atoms. The predicted octanol–water partition coefficient (Wildman–Crippen LogP) is 5.68. The maximum Gasteiger partial charge on any atom is 0.170 e. The fourth-order valence-corrected chi connectivity index (χ4v) is 2.37. The summed E-state index contributed by atoms with van der Waals surface area (Å²) in [6, 6.07) is 1.43. The molecule has 0 aliphatic rings. The van der Waals surface area contributed by atoms with E-state index in [1.165, 1.54) is 6.07 Å². The molecule has 0 saturated heterocycles. The van der Waals surface area contributed by atoms with Crippen LogP contribution in [-0.4, -0.2) is 12.4 Å². The maximum absolute atomic E-state index is 11.7. The topological polar surface area (TPSA) is 26.3 Å². The van der Waals surface area contributed by atoms with Crippen molar-refractivity contribution in [3.8, 4) is 5.75 Å². The standard InChI is InChI=1S/C13H14Cl4O2/c1-13(2,3)5-7(18)6-19-12-10(16)8(14)4-9(15)11(12)17/h4H,5-6H2,1-3H3. The van der Waals surface area contributed by atoms with E-state index in [0.717, 1.165) is 0 Å². The molecular formula is C13H14Cl4O2. The lowest BCUT2D eigenvalue weighted by Gasteiger charge is -2.17. The average Bonchev–Trinajstić information content (AvgIpc) is 2.24. The second kappa shape index (κ2) is 6.53. The fraction of sp³-hybridized carbons (Fsp3) is 0.462. The average molecular weight is 344 g/mol. The predicted molar refractivity (Wildman–Crippen MR) is 81.1 cm³/mol. The van der Waals surface area contributed by atoms with Crippen molar-refractivity contribution in [2.45, 2.75) is 27.2 Å². The zero-order chi connectivity index (χ0) is 14.8. The van der Waals surface area contributed by atoms with Crippen LogP contribution >= 0.6 is 46.4 Å². The minimum absolute atomic E-state index is 0.0456. The van der Waals surface area contributed by atoms with E-state index in [0.29, 0.717) is 6.42 Å². The Morgan fingerprint density at radius 2 is 1.58 bits per heavy atom. The van der Waals surface area contributed by atoms with E-state index in [1.54, 1.807) is 0 Å². The first-order valence-electron chi connectivity index (χ1n) is 5.59. The van der Waals surface area contributed by atoms with Gasteiger partial charge in [0.15, 0.2) is 11.5 Å². The van der Waals surface area contributed by atoms with Gasteiger partial charge in [0.1, 0.15) is 16.7 Å². The number of benzene rings is 1. The summed E-state index contributed by atoms with van der Waals surface area (Å²) in [5.74, 6) is 0.0961. The smallest absolute Gasteiger partial charge is 0.170 e. The van der Waals surface area contributed by atoms with E-state index in [1.807, 2.05) is 20.8 Å². The molecule has 2 nitrogen and oxygen atoms in total. The molecule has 106 valence electrons. The van der Waals surface area contributed by atoms with E-state index in [2.05, 4.69) is 0 Å². The lowest BCUT2D eigenvalue weighted by atomic mass is 9.90. The molecule has 1 aromatic carbocycles. The highest BCUT2D eigenvalue weighted by Crippen LogP contribution is 2.42. The molecule has 1 aromatic rings. The second-order valence-corrected chi connectivity index (χ2v) is 6.93. The Balaban J connectivity index is 2.81. The molecule has 0 bridgehead atoms. The van der Waals surface area contributed by atoms with Crippen LogP contribution in [-0.2, 0) is 4.79 Å². The van der Waals surface area contributed by atoms with Crippen LogP contribution in [0, 0.1) is 5.41 Å². The SMILES string of the molecule is CC(C)(C)CC(=O)COc1c(Cl)c(Cl)cc(Cl)c1Cl. The summed E-state index contributed by atoms with van der Waals surface area (Å²) in [6.07, 6.45) is 0.399. The number of hydrogen-bond donors (Lipinski definition) is 0. The Kier molecular flexibility index (Phi) is 5.81. The lowest BCUT2D eigenvalue weighted by molar-refractivity contribution is -0.122. The number of carbonyl (C=O) groups is 1. The van der Waals surface area contributed by atoms with E-state index >= 15 is 0 Å². The van der Waals surface area contributed by atoms with E-state index in [4.69, 9.17) is 51.1 Å². The number of carbonyl (C=O) groups excluding carboxylic acids is 1. The van der Waals surface area contributed by atoms with Gasteiger partial charge in [-0.1, -0.05) is 67.2 Å². The Morgan fingerprint density at radius 3 is 2.00 bits per heavy atom. The summed E-state index contributed by atoms with van der Waals surface area (Å²) in [6.45, 7) is 5.80. The van der Waals surface area contributed by atoms with Gasteiger partial charge >= 0.3 is 0 Å². The highest BCUT2D eigenvalue weighted by atomic mass is 35.5. The van der Waals surface area contributed by atoms with Gasteiger partial charge in [0, 0.05) is 6.42 Å². The minimum Gasteiger partial charge on any atom is -0.483 e. The van der Waals surface area contributed by atoms with Crippen LogP contribution in [0.1, 0.15) is 27.2 Å². The Morgan fingerprint density at radius 1 is 1.11 bits per heavy atom. The molecule has 1 rings (SSSR count). The Hall–Kier alpha value is -0.150. The van der Waals surface area contributed by atoms with Crippen molar-refractivity contribution in [1.82, 2.24) is 0 Å². The van der Waals surface area contributed by atoms with Crippen molar-refractivity contribution >= 4 is 52.2 Å². The maximum atomic E-state index is 11.7. The van der Waals surface area contributed by atoms with Crippen LogP contribution in [0.15, 0.2) is 6.07 Å². The highest BCUT2D eigenvalue weighted by molar-refractivity contribution is 6.48. The molecule has 0 aromatic heterocycles. The highest BCUT2D eigenvalue weighted by Gasteiger charge is 2.19. The van der Waals surface area contributed by atoms with Crippen molar-refractivity contribution in [1.29, 1.82) is 0 Å². The number of hydrogen-bond acceptors (Lipinski definition) is 2. The number of ether oxygens (including phenoxy) is 1. The van der Waals surface area contributed by atoms with Gasteiger partial charge in [-0.25, -0.2) is 0 Å². The van der Waals surface area contributed by atoms with Gasteiger partial charge in [-0.3, -0.25) is 4.79 Å². The van der Waals surface area contributed by atoms with Crippen LogP contribution < -0.4 is 4.74 Å². The Labute approximate surface area is 132 Å². The number of halogens is 4. The molecule has 0 amide bonds. The molecule has 6 heteroatoms. The van der Waals surface area contributed by atoms with Crippen molar-refractivity contribution in [2.24, 2.45) is 5.41 Å². The summed E-state index contributed by atoms with van der Waals surface area (Å²) in [4.78, 5) is 11.7. The van der Waals surface area contributed by atoms with Crippen molar-refractivity contribution in [3.63, 3.8) is 0 Å². The third-order valence-electron chi connectivity index (χ3n) is 2.18. The molecule has 0 saturated carbocycles. The van der Waals surface area contributed by atoms with Crippen molar-refractivity contribution in [3.05, 3.63) is 26.2 Å². The van der Waals surface area contributed by atoms with Crippen LogP contribution in [0.5, 0.6) is 5.75 Å². The van der Waals surface area contributed by atoms with Gasteiger partial charge in [-0.15, -0.1) is 0 Å². The lowest BCUT2D eigenvalue weighted by Crippen LogP contribution is -2.19. The van der Waals surface area contributed by atoms with Crippen LogP contribution in [0.2, 0.25) is 20.1 Å². The van der Waals surface area contributed by atoms with Gasteiger partial charge in [0.05, 0.1) is 10.0 Å². The first-order valence-corrected chi connectivity index (χ1v) is 7.10. The molecule has 0 unspecified atom stereocenters. The fourth-order valence-electron chi connectivity index (χ4n) is 1.47. The van der Waals surface area contributed by atoms with Gasteiger partial charge in [-0.2, -0.15) is 0 Å². The summed E-state index contributed by atoms with van der Waals surface area (Å²) >= 11 is 23.7. The van der Waals surface area contributed by atoms with Crippen LogP contribution in [0.25, 0.3) is 0 Å². The van der Waals surface area contributed by atoms with Gasteiger partial charge in [0.2, 0.25) is 0 Å². The summed E-state index contributed by atoms with van der Waals surface area (Å²) in [5, 5.41) is 0.767. The zero-order valence-corrected chi connectivity index (χ0v) is 13.8. The minimum atomic E-state index is -0.118. The third-order valence-corrected chi connectivity index (χ3v) is 3.72. The normalized spacial score (nSPS) is 11.5. The van der Waals surface area contributed by atoms with Crippen molar-refractivity contribution in [2.75, 3.05) is 6.61 Å². The van der Waals surface area contributed by atoms with Gasteiger partial charge < -0.3 is 4.74 Å². The largest absolute Gasteiger partial charge is 0.483 e. The van der Waals surface area contributed by atoms with Crippen molar-refractivity contribution < 1.29 is 9.53 Å². The molecule has 0 N–H and O–H groups in total. The molecule has 0 heterocycles. The molecule has 0 radical (unpaired) electrons. The quantitative estimate of drug-likeness (QED) is 0.657. The zero-order valence-electron chi connectivity index (χ0n) is 10.8. The number of Topliss-reactive ketones (excluding diaryl/α,β-unsaturated/α-hetero) is 1. The first-order chi connectivity index (χ1) is 8.61. The van der Waals surface area contributed by atoms with Gasteiger partial charge in [0.25, 0.3) is 0 Å². The molecule has 0 aliphatic carbocycles. The number of ketones is 1. The second-order valence-electron chi connectivity index (χ2n) is 5.36. The van der Waals surface area contributed by atoms with Crippen LogP contribution in [0.4, 0.5) is 0 Å². The summed E-state index contributed by atoms with van der Waals surface area (Å²) in [5.41, 5.74) is -0.0972. The summed E-state index contributed by atoms with van der Waals surface area (Å²) in [7, 11) is 0. The molecule has 0 aliphatic heterocycles. The summed E-state index contributed by atoms with van der Waals surface area (Å²) < 4.78 is 5.35. The third kappa shape index (κ3) is 5.03. The molecule has 19 heavy (non-hydrogen) atoms. The van der Waals surface area contributed by atoms with Gasteiger partial charge in [-0.05, 0) is 11.5 Å². The van der Waals surface area contributed by atoms with E-state index in [9.17, 15) is 4.79 Å². The first kappa shape index (κ1) is 16.9. The Bertz CT molecular complexity index is 466. The van der Waals surface area contributed by atoms with Crippen LogP contribution in [0.3, 0.4) is 0 Å². The number of rotatable bonds is 4.